The Labute approximate surface area is 105 Å². The van der Waals surface area contributed by atoms with Crippen LogP contribution < -0.4 is 5.73 Å². The molecule has 0 atom stereocenters. The molecule has 0 aliphatic carbocycles. The molecule has 0 radical (unpaired) electrons. The second-order valence-corrected chi connectivity index (χ2v) is 4.76. The number of hydrogen-bond donors (Lipinski definition) is 1. The summed E-state index contributed by atoms with van der Waals surface area (Å²) in [6, 6.07) is 2.00. The summed E-state index contributed by atoms with van der Waals surface area (Å²) in [5.74, 6) is 1.43. The van der Waals surface area contributed by atoms with Gasteiger partial charge in [-0.15, -0.1) is 0 Å². The molecule has 2 rings (SSSR count). The predicted octanol–water partition coefficient (Wildman–Crippen LogP) is 2.86. The van der Waals surface area contributed by atoms with E-state index < -0.39 is 0 Å². The molecule has 0 spiro atoms. The highest BCUT2D eigenvalue weighted by molar-refractivity contribution is 7.08. The SMILES string of the molecule is NCCCCCCc1nc(-c2ccsc2)no1. The molecular weight excluding hydrogens is 234 g/mol. The third-order valence-electron chi connectivity index (χ3n) is 2.59. The van der Waals surface area contributed by atoms with Crippen LogP contribution in [0.2, 0.25) is 0 Å². The minimum Gasteiger partial charge on any atom is -0.339 e. The number of thiophene rings is 1. The average Bonchev–Trinajstić information content (AvgIpc) is 2.99. The molecule has 0 aliphatic heterocycles. The quantitative estimate of drug-likeness (QED) is 0.768. The van der Waals surface area contributed by atoms with Gasteiger partial charge >= 0.3 is 0 Å². The first kappa shape index (κ1) is 12.3. The number of aryl methyl sites for hydroxylation is 1. The van der Waals surface area contributed by atoms with E-state index in [1.54, 1.807) is 11.3 Å². The molecule has 0 amide bonds. The van der Waals surface area contributed by atoms with E-state index in [-0.39, 0.29) is 0 Å². The molecule has 0 fully saturated rings. The summed E-state index contributed by atoms with van der Waals surface area (Å²) in [5, 5.41) is 8.01. The van der Waals surface area contributed by atoms with Crippen molar-refractivity contribution in [3.8, 4) is 11.4 Å². The zero-order valence-corrected chi connectivity index (χ0v) is 10.6. The zero-order valence-electron chi connectivity index (χ0n) is 9.76. The van der Waals surface area contributed by atoms with Crippen LogP contribution in [0.25, 0.3) is 11.4 Å². The van der Waals surface area contributed by atoms with E-state index in [1.165, 1.54) is 12.8 Å². The van der Waals surface area contributed by atoms with Crippen molar-refractivity contribution in [1.82, 2.24) is 10.1 Å². The van der Waals surface area contributed by atoms with Gasteiger partial charge in [0.05, 0.1) is 0 Å². The van der Waals surface area contributed by atoms with Gasteiger partial charge in [0.25, 0.3) is 0 Å². The minimum atomic E-state index is 0.697. The predicted molar refractivity (Wildman–Crippen MR) is 68.8 cm³/mol. The Balaban J connectivity index is 1.79. The maximum absolute atomic E-state index is 5.44. The van der Waals surface area contributed by atoms with Gasteiger partial charge in [-0.25, -0.2) is 0 Å². The summed E-state index contributed by atoms with van der Waals surface area (Å²) >= 11 is 1.64. The van der Waals surface area contributed by atoms with E-state index in [0.717, 1.165) is 37.3 Å². The van der Waals surface area contributed by atoms with Crippen molar-refractivity contribution in [2.45, 2.75) is 32.1 Å². The number of aromatic nitrogens is 2. The molecule has 0 aliphatic rings. The Morgan fingerprint density at radius 3 is 2.88 bits per heavy atom. The minimum absolute atomic E-state index is 0.697. The topological polar surface area (TPSA) is 64.9 Å². The van der Waals surface area contributed by atoms with Gasteiger partial charge in [-0.2, -0.15) is 16.3 Å². The monoisotopic (exact) mass is 251 g/mol. The maximum Gasteiger partial charge on any atom is 0.226 e. The summed E-state index contributed by atoms with van der Waals surface area (Å²) in [5.41, 5.74) is 6.47. The van der Waals surface area contributed by atoms with Crippen molar-refractivity contribution in [3.05, 3.63) is 22.7 Å². The second kappa shape index (κ2) is 6.51. The molecule has 0 unspecified atom stereocenters. The molecule has 2 N–H and O–H groups in total. The lowest BCUT2D eigenvalue weighted by Gasteiger charge is -1.95. The summed E-state index contributed by atoms with van der Waals surface area (Å²) in [6.07, 6.45) is 5.41. The highest BCUT2D eigenvalue weighted by Crippen LogP contribution is 2.19. The normalized spacial score (nSPS) is 10.9. The molecule has 5 heteroatoms. The van der Waals surface area contributed by atoms with Crippen molar-refractivity contribution in [1.29, 1.82) is 0 Å². The van der Waals surface area contributed by atoms with E-state index in [4.69, 9.17) is 10.3 Å². The van der Waals surface area contributed by atoms with Gasteiger partial charge < -0.3 is 10.3 Å². The van der Waals surface area contributed by atoms with Crippen molar-refractivity contribution >= 4 is 11.3 Å². The smallest absolute Gasteiger partial charge is 0.226 e. The van der Waals surface area contributed by atoms with Crippen LogP contribution in [0.5, 0.6) is 0 Å². The summed E-state index contributed by atoms with van der Waals surface area (Å²) < 4.78 is 5.21. The molecule has 17 heavy (non-hydrogen) atoms. The summed E-state index contributed by atoms with van der Waals surface area (Å²) in [6.45, 7) is 0.781. The zero-order chi connectivity index (χ0) is 11.9. The third-order valence-corrected chi connectivity index (χ3v) is 3.28. The van der Waals surface area contributed by atoms with Crippen molar-refractivity contribution in [2.75, 3.05) is 6.54 Å². The van der Waals surface area contributed by atoms with Gasteiger partial charge in [-0.1, -0.05) is 18.0 Å². The highest BCUT2D eigenvalue weighted by atomic mass is 32.1. The Morgan fingerprint density at radius 2 is 2.12 bits per heavy atom. The molecule has 0 saturated heterocycles. The standard InChI is InChI=1S/C12H17N3OS/c13-7-4-2-1-3-5-11-14-12(15-16-11)10-6-8-17-9-10/h6,8-9H,1-5,7,13H2. The molecule has 2 aromatic heterocycles. The lowest BCUT2D eigenvalue weighted by molar-refractivity contribution is 0.374. The molecule has 0 bridgehead atoms. The van der Waals surface area contributed by atoms with Crippen molar-refractivity contribution in [3.63, 3.8) is 0 Å². The molecule has 92 valence electrons. The first-order chi connectivity index (χ1) is 8.40. The van der Waals surface area contributed by atoms with Crippen LogP contribution in [0.3, 0.4) is 0 Å². The highest BCUT2D eigenvalue weighted by Gasteiger charge is 2.08. The number of nitrogens with two attached hydrogens (primary N) is 1. The summed E-state index contributed by atoms with van der Waals surface area (Å²) in [7, 11) is 0. The number of hydrogen-bond acceptors (Lipinski definition) is 5. The van der Waals surface area contributed by atoms with Crippen molar-refractivity contribution < 1.29 is 4.52 Å². The van der Waals surface area contributed by atoms with E-state index in [1.807, 2.05) is 16.8 Å². The Bertz CT molecular complexity index is 425. The Kier molecular flexibility index (Phi) is 4.70. The van der Waals surface area contributed by atoms with Gasteiger partial charge in [0.1, 0.15) is 0 Å². The number of nitrogens with zero attached hydrogens (tertiary/aromatic N) is 2. The molecule has 2 aromatic rings. The van der Waals surface area contributed by atoms with E-state index in [0.29, 0.717) is 5.82 Å². The van der Waals surface area contributed by atoms with Gasteiger partial charge in [-0.3, -0.25) is 0 Å². The lowest BCUT2D eigenvalue weighted by atomic mass is 10.1. The fourth-order valence-electron chi connectivity index (χ4n) is 1.64. The van der Waals surface area contributed by atoms with Gasteiger partial charge in [0.2, 0.25) is 11.7 Å². The maximum atomic E-state index is 5.44. The van der Waals surface area contributed by atoms with E-state index in [9.17, 15) is 0 Å². The third kappa shape index (κ3) is 3.64. The van der Waals surface area contributed by atoms with E-state index in [2.05, 4.69) is 10.1 Å². The first-order valence-corrected chi connectivity index (χ1v) is 6.89. The largest absolute Gasteiger partial charge is 0.339 e. The van der Waals surface area contributed by atoms with Crippen LogP contribution in [0.1, 0.15) is 31.6 Å². The van der Waals surface area contributed by atoms with E-state index >= 15 is 0 Å². The van der Waals surface area contributed by atoms with Crippen LogP contribution in [0, 0.1) is 0 Å². The Hall–Kier alpha value is -1.20. The van der Waals surface area contributed by atoms with Gasteiger partial charge in [-0.05, 0) is 30.8 Å². The average molecular weight is 251 g/mol. The number of rotatable bonds is 7. The first-order valence-electron chi connectivity index (χ1n) is 5.95. The van der Waals surface area contributed by atoms with Crippen LogP contribution in [0.15, 0.2) is 21.3 Å². The fraction of sp³-hybridized carbons (Fsp3) is 0.500. The fourth-order valence-corrected chi connectivity index (χ4v) is 2.27. The molecule has 0 aromatic carbocycles. The van der Waals surface area contributed by atoms with Crippen LogP contribution in [-0.4, -0.2) is 16.7 Å². The van der Waals surface area contributed by atoms with Crippen LogP contribution in [-0.2, 0) is 6.42 Å². The van der Waals surface area contributed by atoms with Gasteiger partial charge in [0.15, 0.2) is 0 Å². The summed E-state index contributed by atoms with van der Waals surface area (Å²) in [4.78, 5) is 4.37. The molecule has 0 saturated carbocycles. The molecule has 4 nitrogen and oxygen atoms in total. The molecular formula is C12H17N3OS. The second-order valence-electron chi connectivity index (χ2n) is 3.98. The molecule has 2 heterocycles. The van der Waals surface area contributed by atoms with Crippen LogP contribution in [0.4, 0.5) is 0 Å². The van der Waals surface area contributed by atoms with Crippen molar-refractivity contribution in [2.24, 2.45) is 5.73 Å². The van der Waals surface area contributed by atoms with Gasteiger partial charge in [0, 0.05) is 17.4 Å². The lowest BCUT2D eigenvalue weighted by Crippen LogP contribution is -1.97. The Morgan fingerprint density at radius 1 is 1.24 bits per heavy atom. The number of unbranched alkanes of at least 4 members (excludes halogenated alkanes) is 3. The van der Waals surface area contributed by atoms with Crippen LogP contribution >= 0.6 is 11.3 Å².